The van der Waals surface area contributed by atoms with Crippen molar-refractivity contribution in [2.75, 3.05) is 17.7 Å². The molecule has 2 aromatic carbocycles. The summed E-state index contributed by atoms with van der Waals surface area (Å²) in [4.78, 5) is 16.7. The number of carbonyl (C=O) groups excluding carboxylic acids is 1. The van der Waals surface area contributed by atoms with Crippen molar-refractivity contribution in [1.29, 1.82) is 0 Å². The van der Waals surface area contributed by atoms with Crippen LogP contribution in [-0.2, 0) is 6.42 Å². The van der Waals surface area contributed by atoms with E-state index < -0.39 is 0 Å². The van der Waals surface area contributed by atoms with Crippen LogP contribution < -0.4 is 15.4 Å². The maximum atomic E-state index is 12.4. The van der Waals surface area contributed by atoms with Crippen LogP contribution in [0.5, 0.6) is 5.75 Å². The van der Waals surface area contributed by atoms with Crippen molar-refractivity contribution in [3.63, 3.8) is 0 Å². The Morgan fingerprint density at radius 1 is 1.07 bits per heavy atom. The Balaban J connectivity index is 1.69. The predicted molar refractivity (Wildman–Crippen MR) is 109 cm³/mol. The number of nitrogens with zero attached hydrogens (tertiary/aromatic N) is 1. The number of anilines is 3. The van der Waals surface area contributed by atoms with E-state index in [1.54, 1.807) is 25.4 Å². The van der Waals surface area contributed by atoms with E-state index in [0.29, 0.717) is 11.4 Å². The molecule has 2 N–H and O–H groups in total. The molecule has 0 fully saturated rings. The molecule has 3 aromatic rings. The summed E-state index contributed by atoms with van der Waals surface area (Å²) in [5, 5.41) is 6.11. The molecule has 1 amide bonds. The number of ether oxygens (including phenoxy) is 1. The average molecular weight is 361 g/mol. The molecule has 3 rings (SSSR count). The van der Waals surface area contributed by atoms with E-state index >= 15 is 0 Å². The van der Waals surface area contributed by atoms with Gasteiger partial charge in [0.1, 0.15) is 11.6 Å². The Kier molecular flexibility index (Phi) is 5.71. The molecule has 1 heterocycles. The zero-order valence-electron chi connectivity index (χ0n) is 15.7. The third-order valence-corrected chi connectivity index (χ3v) is 4.26. The van der Waals surface area contributed by atoms with Gasteiger partial charge in [0.25, 0.3) is 5.91 Å². The lowest BCUT2D eigenvalue weighted by Gasteiger charge is -2.12. The van der Waals surface area contributed by atoms with E-state index in [1.165, 1.54) is 5.56 Å². The van der Waals surface area contributed by atoms with Gasteiger partial charge >= 0.3 is 0 Å². The van der Waals surface area contributed by atoms with E-state index in [0.717, 1.165) is 29.1 Å². The largest absolute Gasteiger partial charge is 0.495 e. The topological polar surface area (TPSA) is 63.2 Å². The second-order valence-corrected chi connectivity index (χ2v) is 6.27. The van der Waals surface area contributed by atoms with Crippen molar-refractivity contribution in [2.45, 2.75) is 20.3 Å². The summed E-state index contributed by atoms with van der Waals surface area (Å²) < 4.78 is 5.36. The molecule has 0 saturated carbocycles. The zero-order chi connectivity index (χ0) is 19.2. The highest BCUT2D eigenvalue weighted by molar-refractivity contribution is 6.04. The van der Waals surface area contributed by atoms with Gasteiger partial charge in [0.15, 0.2) is 0 Å². The van der Waals surface area contributed by atoms with Crippen molar-refractivity contribution in [3.8, 4) is 5.75 Å². The minimum atomic E-state index is -0.188. The minimum absolute atomic E-state index is 0.188. The number of nitrogens with one attached hydrogen (secondary N) is 2. The van der Waals surface area contributed by atoms with E-state index in [4.69, 9.17) is 4.74 Å². The molecule has 0 spiro atoms. The molecule has 5 heteroatoms. The average Bonchev–Trinajstić information content (AvgIpc) is 2.69. The Labute approximate surface area is 159 Å². The first-order chi connectivity index (χ1) is 13.1. The molecular weight excluding hydrogens is 338 g/mol. The third-order valence-electron chi connectivity index (χ3n) is 4.26. The number of hydrogen-bond donors (Lipinski definition) is 2. The van der Waals surface area contributed by atoms with Gasteiger partial charge in [0.05, 0.1) is 18.4 Å². The van der Waals surface area contributed by atoms with Crippen LogP contribution >= 0.6 is 0 Å². The molecule has 0 aliphatic carbocycles. The molecule has 0 aliphatic heterocycles. The van der Waals surface area contributed by atoms with Gasteiger partial charge in [-0.25, -0.2) is 4.98 Å². The summed E-state index contributed by atoms with van der Waals surface area (Å²) >= 11 is 0. The van der Waals surface area contributed by atoms with Crippen LogP contribution in [0.4, 0.5) is 17.2 Å². The summed E-state index contributed by atoms with van der Waals surface area (Å²) in [5.41, 5.74) is 4.44. The second kappa shape index (κ2) is 8.36. The lowest BCUT2D eigenvalue weighted by Crippen LogP contribution is -2.12. The first-order valence-corrected chi connectivity index (χ1v) is 8.87. The van der Waals surface area contributed by atoms with Crippen LogP contribution in [0, 0.1) is 6.92 Å². The van der Waals surface area contributed by atoms with Crippen LogP contribution in [0.15, 0.2) is 60.8 Å². The minimum Gasteiger partial charge on any atom is -0.495 e. The molecule has 5 nitrogen and oxygen atoms in total. The SMILES string of the molecule is CCc1ccc(NC(=O)c2ccc(Nc3cc(C)ccc3OC)nc2)cc1. The van der Waals surface area contributed by atoms with Crippen LogP contribution in [0.3, 0.4) is 0 Å². The fourth-order valence-corrected chi connectivity index (χ4v) is 2.69. The number of aromatic nitrogens is 1. The number of rotatable bonds is 6. The summed E-state index contributed by atoms with van der Waals surface area (Å²) in [6, 6.07) is 17.2. The Bertz CT molecular complexity index is 919. The number of pyridine rings is 1. The third kappa shape index (κ3) is 4.64. The second-order valence-electron chi connectivity index (χ2n) is 6.27. The van der Waals surface area contributed by atoms with Gasteiger partial charge in [-0.15, -0.1) is 0 Å². The molecule has 0 radical (unpaired) electrons. The number of methoxy groups -OCH3 is 1. The Morgan fingerprint density at radius 2 is 1.85 bits per heavy atom. The van der Waals surface area contributed by atoms with Gasteiger partial charge in [-0.05, 0) is 60.9 Å². The van der Waals surface area contributed by atoms with E-state index in [9.17, 15) is 4.79 Å². The van der Waals surface area contributed by atoms with Crippen LogP contribution in [0.1, 0.15) is 28.4 Å². The molecule has 0 aliphatic rings. The van der Waals surface area contributed by atoms with Crippen molar-refractivity contribution in [2.24, 2.45) is 0 Å². The monoisotopic (exact) mass is 361 g/mol. The fraction of sp³-hybridized carbons (Fsp3) is 0.182. The molecule has 27 heavy (non-hydrogen) atoms. The molecular formula is C22H23N3O2. The van der Waals surface area contributed by atoms with Gasteiger partial charge in [-0.2, -0.15) is 0 Å². The van der Waals surface area contributed by atoms with Gasteiger partial charge in [0, 0.05) is 11.9 Å². The highest BCUT2D eigenvalue weighted by Crippen LogP contribution is 2.27. The summed E-state index contributed by atoms with van der Waals surface area (Å²) in [6.45, 7) is 4.11. The lowest BCUT2D eigenvalue weighted by atomic mass is 10.1. The Morgan fingerprint density at radius 3 is 2.48 bits per heavy atom. The fourth-order valence-electron chi connectivity index (χ4n) is 2.69. The Hall–Kier alpha value is -3.34. The van der Waals surface area contributed by atoms with Crippen molar-refractivity contribution >= 4 is 23.1 Å². The van der Waals surface area contributed by atoms with Gasteiger partial charge in [0.2, 0.25) is 0 Å². The standard InChI is InChI=1S/C22H23N3O2/c1-4-16-6-9-18(10-7-16)24-22(26)17-8-12-21(23-14-17)25-19-13-15(2)5-11-20(19)27-3/h5-14H,4H2,1-3H3,(H,23,25)(H,24,26). The maximum absolute atomic E-state index is 12.4. The molecule has 0 saturated heterocycles. The lowest BCUT2D eigenvalue weighted by molar-refractivity contribution is 0.102. The first kappa shape index (κ1) is 18.5. The highest BCUT2D eigenvalue weighted by atomic mass is 16.5. The van der Waals surface area contributed by atoms with Crippen LogP contribution in [0.25, 0.3) is 0 Å². The number of amides is 1. The van der Waals surface area contributed by atoms with E-state index in [2.05, 4.69) is 22.5 Å². The molecule has 138 valence electrons. The summed E-state index contributed by atoms with van der Waals surface area (Å²) in [7, 11) is 1.63. The normalized spacial score (nSPS) is 10.3. The van der Waals surface area contributed by atoms with E-state index in [1.807, 2.05) is 49.4 Å². The zero-order valence-corrected chi connectivity index (χ0v) is 15.7. The van der Waals surface area contributed by atoms with Crippen LogP contribution in [-0.4, -0.2) is 18.0 Å². The van der Waals surface area contributed by atoms with Crippen molar-refractivity contribution in [1.82, 2.24) is 4.98 Å². The molecule has 0 bridgehead atoms. The van der Waals surface area contributed by atoms with Crippen LogP contribution in [0.2, 0.25) is 0 Å². The van der Waals surface area contributed by atoms with Gasteiger partial charge < -0.3 is 15.4 Å². The van der Waals surface area contributed by atoms with Gasteiger partial charge in [-0.3, -0.25) is 4.79 Å². The number of hydrogen-bond acceptors (Lipinski definition) is 4. The van der Waals surface area contributed by atoms with Crippen molar-refractivity contribution in [3.05, 3.63) is 77.5 Å². The quantitative estimate of drug-likeness (QED) is 0.651. The molecule has 1 aromatic heterocycles. The number of benzene rings is 2. The maximum Gasteiger partial charge on any atom is 0.257 e. The first-order valence-electron chi connectivity index (χ1n) is 8.87. The predicted octanol–water partition coefficient (Wildman–Crippen LogP) is 4.96. The molecule has 0 atom stereocenters. The summed E-state index contributed by atoms with van der Waals surface area (Å²) in [5.74, 6) is 1.19. The number of carbonyl (C=O) groups is 1. The highest BCUT2D eigenvalue weighted by Gasteiger charge is 2.08. The van der Waals surface area contributed by atoms with Gasteiger partial charge in [-0.1, -0.05) is 25.1 Å². The summed E-state index contributed by atoms with van der Waals surface area (Å²) in [6.07, 6.45) is 2.53. The number of aryl methyl sites for hydroxylation is 2. The van der Waals surface area contributed by atoms with E-state index in [-0.39, 0.29) is 5.91 Å². The smallest absolute Gasteiger partial charge is 0.257 e. The van der Waals surface area contributed by atoms with Crippen molar-refractivity contribution < 1.29 is 9.53 Å². The molecule has 0 unspecified atom stereocenters.